The molecule has 1 saturated heterocycles. The predicted octanol–water partition coefficient (Wildman–Crippen LogP) is -0.753. The van der Waals surface area contributed by atoms with Crippen LogP contribution in [0.3, 0.4) is 0 Å². The summed E-state index contributed by atoms with van der Waals surface area (Å²) in [6.45, 7) is 4.17. The topological polar surface area (TPSA) is 102 Å². The first-order valence-corrected chi connectivity index (χ1v) is 7.85. The van der Waals surface area contributed by atoms with E-state index in [0.29, 0.717) is 17.8 Å². The second-order valence-electron chi connectivity index (χ2n) is 6.18. The van der Waals surface area contributed by atoms with E-state index in [-0.39, 0.29) is 11.7 Å². The summed E-state index contributed by atoms with van der Waals surface area (Å²) in [5.41, 5.74) is 0.589. The Hall–Kier alpha value is -1.81. The molecular formula is C15H23N4O5+. The Kier molecular flexibility index (Phi) is 4.68. The molecule has 132 valence electrons. The zero-order valence-electron chi connectivity index (χ0n) is 14.2. The average Bonchev–Trinajstić information content (AvgIpc) is 3.03. The summed E-state index contributed by atoms with van der Waals surface area (Å²) in [4.78, 5) is 18.8. The summed E-state index contributed by atoms with van der Waals surface area (Å²) in [6.07, 6.45) is 0.490. The number of hydrogen-bond acceptors (Lipinski definition) is 6. The lowest BCUT2D eigenvalue weighted by atomic mass is 10.1. The van der Waals surface area contributed by atoms with Gasteiger partial charge in [-0.2, -0.15) is 0 Å². The van der Waals surface area contributed by atoms with Gasteiger partial charge >= 0.3 is 5.65 Å². The Morgan fingerprint density at radius 2 is 2.29 bits per heavy atom. The van der Waals surface area contributed by atoms with E-state index >= 15 is 0 Å². The number of aromatic amines is 1. The number of aryl methyl sites for hydroxylation is 1. The van der Waals surface area contributed by atoms with Crippen LogP contribution in [0.1, 0.15) is 20.1 Å². The molecule has 0 aliphatic carbocycles. The number of ether oxygens (including phenoxy) is 3. The van der Waals surface area contributed by atoms with Crippen LogP contribution in [0.25, 0.3) is 11.2 Å². The molecule has 4 unspecified atom stereocenters. The predicted molar refractivity (Wildman–Crippen MR) is 83.3 cm³/mol. The molecule has 0 bridgehead atoms. The minimum atomic E-state index is -0.910. The number of imidazole rings is 1. The number of aromatic nitrogens is 4. The van der Waals surface area contributed by atoms with Gasteiger partial charge in [0.25, 0.3) is 5.56 Å². The highest BCUT2D eigenvalue weighted by atomic mass is 16.6. The maximum atomic E-state index is 12.0. The monoisotopic (exact) mass is 339 g/mol. The molecule has 3 rings (SSSR count). The molecule has 0 amide bonds. The summed E-state index contributed by atoms with van der Waals surface area (Å²) in [5.74, 6) is 0. The van der Waals surface area contributed by atoms with E-state index in [1.165, 1.54) is 13.4 Å². The van der Waals surface area contributed by atoms with Crippen LogP contribution >= 0.6 is 0 Å². The lowest BCUT2D eigenvalue weighted by Crippen LogP contribution is -2.46. The van der Waals surface area contributed by atoms with Gasteiger partial charge in [-0.05, 0) is 13.8 Å². The second-order valence-corrected chi connectivity index (χ2v) is 6.18. The van der Waals surface area contributed by atoms with Crippen molar-refractivity contribution in [1.82, 2.24) is 14.5 Å². The number of fused-ring (bicyclic) bond motifs is 1. The normalized spacial score (nSPS) is 27.4. The van der Waals surface area contributed by atoms with E-state index in [1.807, 2.05) is 13.8 Å². The summed E-state index contributed by atoms with van der Waals surface area (Å²) in [5, 5.41) is 10.6. The minimum absolute atomic E-state index is 0.0488. The maximum absolute atomic E-state index is 12.0. The smallest absolute Gasteiger partial charge is 0.311 e. The molecule has 1 aliphatic heterocycles. The third-order valence-corrected chi connectivity index (χ3v) is 4.15. The first-order valence-electron chi connectivity index (χ1n) is 7.85. The van der Waals surface area contributed by atoms with Crippen molar-refractivity contribution in [3.05, 3.63) is 23.0 Å². The van der Waals surface area contributed by atoms with Crippen molar-refractivity contribution < 1.29 is 23.9 Å². The van der Waals surface area contributed by atoms with E-state index in [2.05, 4.69) is 9.97 Å². The lowest BCUT2D eigenvalue weighted by molar-refractivity contribution is -0.746. The van der Waals surface area contributed by atoms with E-state index in [1.54, 1.807) is 22.5 Å². The van der Waals surface area contributed by atoms with Gasteiger partial charge in [0.15, 0.2) is 12.7 Å². The fourth-order valence-corrected chi connectivity index (χ4v) is 3.04. The van der Waals surface area contributed by atoms with Gasteiger partial charge in [-0.25, -0.2) is 4.57 Å². The van der Waals surface area contributed by atoms with Crippen molar-refractivity contribution in [2.75, 3.05) is 13.7 Å². The highest BCUT2D eigenvalue weighted by molar-refractivity contribution is 5.65. The first-order chi connectivity index (χ1) is 11.4. The van der Waals surface area contributed by atoms with Crippen LogP contribution < -0.4 is 10.1 Å². The van der Waals surface area contributed by atoms with E-state index in [0.717, 1.165) is 0 Å². The van der Waals surface area contributed by atoms with Crippen molar-refractivity contribution in [3.8, 4) is 0 Å². The molecule has 9 heteroatoms. The van der Waals surface area contributed by atoms with Crippen molar-refractivity contribution in [2.24, 2.45) is 7.05 Å². The molecule has 1 aliphatic rings. The van der Waals surface area contributed by atoms with Gasteiger partial charge in [-0.3, -0.25) is 14.3 Å². The molecule has 0 aromatic carbocycles. The Morgan fingerprint density at radius 3 is 2.96 bits per heavy atom. The average molecular weight is 339 g/mol. The third kappa shape index (κ3) is 2.84. The number of aliphatic hydroxyl groups excluding tert-OH is 1. The fraction of sp³-hybridized carbons (Fsp3) is 0.667. The molecule has 24 heavy (non-hydrogen) atoms. The quantitative estimate of drug-likeness (QED) is 0.695. The van der Waals surface area contributed by atoms with Crippen LogP contribution in [0.4, 0.5) is 0 Å². The number of nitrogens with zero attached hydrogens (tertiary/aromatic N) is 3. The van der Waals surface area contributed by atoms with Crippen LogP contribution in [0.15, 0.2) is 17.4 Å². The van der Waals surface area contributed by atoms with Crippen LogP contribution in [-0.4, -0.2) is 57.8 Å². The highest BCUT2D eigenvalue weighted by Crippen LogP contribution is 2.28. The SMILES string of the molecule is COC1C(COC(C)C)OC([n+]2cn(C)c3c(=O)[nH]cnc32)C1O. The van der Waals surface area contributed by atoms with Crippen LogP contribution in [0.5, 0.6) is 0 Å². The van der Waals surface area contributed by atoms with Gasteiger partial charge in [-0.1, -0.05) is 4.98 Å². The lowest BCUT2D eigenvalue weighted by Gasteiger charge is -2.19. The molecule has 9 nitrogen and oxygen atoms in total. The third-order valence-electron chi connectivity index (χ3n) is 4.15. The molecular weight excluding hydrogens is 316 g/mol. The molecule has 3 heterocycles. The number of methoxy groups -OCH3 is 1. The number of rotatable bonds is 5. The summed E-state index contributed by atoms with van der Waals surface area (Å²) >= 11 is 0. The Balaban J connectivity index is 1.95. The van der Waals surface area contributed by atoms with Gasteiger partial charge in [0, 0.05) is 7.11 Å². The highest BCUT2D eigenvalue weighted by Gasteiger charge is 2.48. The van der Waals surface area contributed by atoms with Crippen LogP contribution in [0.2, 0.25) is 0 Å². The molecule has 0 saturated carbocycles. The Bertz CT molecular complexity index is 771. The van der Waals surface area contributed by atoms with Crippen molar-refractivity contribution >= 4 is 11.2 Å². The minimum Gasteiger partial charge on any atom is -0.384 e. The zero-order chi connectivity index (χ0) is 17.4. The molecule has 0 radical (unpaired) electrons. The molecule has 4 atom stereocenters. The van der Waals surface area contributed by atoms with Gasteiger partial charge < -0.3 is 19.3 Å². The van der Waals surface area contributed by atoms with Crippen molar-refractivity contribution in [3.63, 3.8) is 0 Å². The van der Waals surface area contributed by atoms with Crippen LogP contribution in [-0.2, 0) is 21.3 Å². The number of hydrogen-bond donors (Lipinski definition) is 2. The Morgan fingerprint density at radius 1 is 1.54 bits per heavy atom. The number of aliphatic hydroxyl groups is 1. The van der Waals surface area contributed by atoms with Gasteiger partial charge in [0.2, 0.25) is 11.7 Å². The fourth-order valence-electron chi connectivity index (χ4n) is 3.04. The van der Waals surface area contributed by atoms with E-state index in [9.17, 15) is 9.90 Å². The van der Waals surface area contributed by atoms with E-state index < -0.39 is 24.5 Å². The molecule has 2 aromatic heterocycles. The second kappa shape index (κ2) is 6.60. The number of H-pyrrole nitrogens is 1. The molecule has 0 spiro atoms. The zero-order valence-corrected chi connectivity index (χ0v) is 14.2. The summed E-state index contributed by atoms with van der Waals surface area (Å²) in [7, 11) is 3.27. The molecule has 2 N–H and O–H groups in total. The van der Waals surface area contributed by atoms with Gasteiger partial charge in [-0.15, -0.1) is 0 Å². The standard InChI is InChI=1S/C15H22N4O5/c1-8(2)23-5-9-12(22-4)11(20)15(24-9)19-7-18(3)10-13(19)16-6-17-14(10)21/h6-9,11-12,15,20H,5H2,1-4H3/p+1. The van der Waals surface area contributed by atoms with Crippen LogP contribution in [0, 0.1) is 0 Å². The van der Waals surface area contributed by atoms with E-state index in [4.69, 9.17) is 14.2 Å². The van der Waals surface area contributed by atoms with Gasteiger partial charge in [0.1, 0.15) is 18.3 Å². The summed E-state index contributed by atoms with van der Waals surface area (Å²) in [6, 6.07) is 0. The first kappa shape index (κ1) is 17.0. The number of nitrogens with one attached hydrogen (secondary N) is 1. The summed E-state index contributed by atoms with van der Waals surface area (Å²) < 4.78 is 20.3. The molecule has 1 fully saturated rings. The van der Waals surface area contributed by atoms with Gasteiger partial charge in [0.05, 0.1) is 19.8 Å². The largest absolute Gasteiger partial charge is 0.384 e. The van der Waals surface area contributed by atoms with Crippen molar-refractivity contribution in [1.29, 1.82) is 0 Å². The Labute approximate surface area is 138 Å². The maximum Gasteiger partial charge on any atom is 0.311 e. The van der Waals surface area contributed by atoms with Crippen molar-refractivity contribution in [2.45, 2.75) is 44.5 Å². The molecule has 2 aromatic rings.